The lowest BCUT2D eigenvalue weighted by Crippen LogP contribution is -1.80. The van der Waals surface area contributed by atoms with E-state index in [9.17, 15) is 4.79 Å². The zero-order valence-corrected chi connectivity index (χ0v) is 6.85. The van der Waals surface area contributed by atoms with E-state index >= 15 is 0 Å². The zero-order valence-electron chi connectivity index (χ0n) is 6.85. The summed E-state index contributed by atoms with van der Waals surface area (Å²) in [6.07, 6.45) is 0.517. The van der Waals surface area contributed by atoms with Crippen molar-refractivity contribution in [1.29, 1.82) is 0 Å². The Morgan fingerprint density at radius 1 is 1.46 bits per heavy atom. The average Bonchev–Trinajstić information content (AvgIpc) is 2.71. The first-order chi connectivity index (χ1) is 6.29. The predicted molar refractivity (Wildman–Crippen MR) is 42.1 cm³/mol. The molecule has 0 radical (unpaired) electrons. The molecule has 0 N–H and O–H groups in total. The predicted octanol–water partition coefficient (Wildman–Crippen LogP) is 1.45. The summed E-state index contributed by atoms with van der Waals surface area (Å²) in [6.45, 7) is 1.81. The van der Waals surface area contributed by atoms with Crippen molar-refractivity contribution in [1.82, 2.24) is 10.1 Å². The van der Waals surface area contributed by atoms with E-state index in [-0.39, 0.29) is 11.7 Å². The van der Waals surface area contributed by atoms with Gasteiger partial charge in [-0.15, -0.1) is 0 Å². The van der Waals surface area contributed by atoms with E-state index in [0.717, 1.165) is 5.76 Å². The molecule has 0 aliphatic carbocycles. The Morgan fingerprint density at radius 2 is 2.31 bits per heavy atom. The number of aryl methyl sites for hydroxylation is 1. The minimum absolute atomic E-state index is 0.0176. The van der Waals surface area contributed by atoms with Crippen molar-refractivity contribution in [2.75, 3.05) is 0 Å². The van der Waals surface area contributed by atoms with Crippen molar-refractivity contribution >= 4 is 6.29 Å². The minimum Gasteiger partial charge on any atom is -0.456 e. The van der Waals surface area contributed by atoms with Gasteiger partial charge in [0.05, 0.1) is 0 Å². The van der Waals surface area contributed by atoms with E-state index in [1.807, 2.05) is 0 Å². The van der Waals surface area contributed by atoms with Gasteiger partial charge < -0.3 is 8.94 Å². The number of hydrogen-bond acceptors (Lipinski definition) is 5. The molecule has 0 fully saturated rings. The summed E-state index contributed by atoms with van der Waals surface area (Å²) in [5, 5.41) is 3.41. The fourth-order valence-electron chi connectivity index (χ4n) is 0.932. The van der Waals surface area contributed by atoms with Gasteiger partial charge in [-0.05, 0) is 19.1 Å². The highest BCUT2D eigenvalue weighted by atomic mass is 16.5. The minimum atomic E-state index is 0.0176. The normalized spacial score (nSPS) is 10.2. The van der Waals surface area contributed by atoms with Gasteiger partial charge in [-0.25, -0.2) is 0 Å². The van der Waals surface area contributed by atoms with Crippen LogP contribution in [0.5, 0.6) is 0 Å². The van der Waals surface area contributed by atoms with E-state index in [2.05, 4.69) is 10.1 Å². The molecule has 0 aliphatic rings. The SMILES string of the molecule is Cc1ccc(-c2nc(C=O)no2)o1. The Morgan fingerprint density at radius 3 is 2.85 bits per heavy atom. The highest BCUT2D eigenvalue weighted by Crippen LogP contribution is 2.19. The molecule has 2 aromatic rings. The molecule has 5 heteroatoms. The summed E-state index contributed by atoms with van der Waals surface area (Å²) in [7, 11) is 0. The summed E-state index contributed by atoms with van der Waals surface area (Å²) >= 11 is 0. The van der Waals surface area contributed by atoms with Crippen LogP contribution in [0.15, 0.2) is 21.1 Å². The smallest absolute Gasteiger partial charge is 0.294 e. The molecule has 0 amide bonds. The Balaban J connectivity index is 2.40. The van der Waals surface area contributed by atoms with E-state index in [1.165, 1.54) is 0 Å². The molecule has 2 heterocycles. The first-order valence-corrected chi connectivity index (χ1v) is 3.65. The van der Waals surface area contributed by atoms with Crippen LogP contribution in [0.2, 0.25) is 0 Å². The maximum absolute atomic E-state index is 10.2. The number of furan rings is 1. The lowest BCUT2D eigenvalue weighted by Gasteiger charge is -1.83. The summed E-state index contributed by atoms with van der Waals surface area (Å²) in [6, 6.07) is 3.48. The highest BCUT2D eigenvalue weighted by molar-refractivity contribution is 5.69. The molecule has 66 valence electrons. The van der Waals surface area contributed by atoms with Crippen LogP contribution < -0.4 is 0 Å². The molecular formula is C8H6N2O3. The van der Waals surface area contributed by atoms with Crippen LogP contribution in [0.4, 0.5) is 0 Å². The van der Waals surface area contributed by atoms with Gasteiger partial charge in [0.2, 0.25) is 5.82 Å². The quantitative estimate of drug-likeness (QED) is 0.651. The van der Waals surface area contributed by atoms with Crippen LogP contribution in [0, 0.1) is 6.92 Å². The molecule has 0 atom stereocenters. The van der Waals surface area contributed by atoms with Gasteiger partial charge >= 0.3 is 0 Å². The molecule has 5 nitrogen and oxygen atoms in total. The number of nitrogens with zero attached hydrogens (tertiary/aromatic N) is 2. The molecule has 0 bridgehead atoms. The van der Waals surface area contributed by atoms with Gasteiger partial charge in [0.25, 0.3) is 5.89 Å². The number of rotatable bonds is 2. The van der Waals surface area contributed by atoms with Crippen molar-refractivity contribution in [3.05, 3.63) is 23.7 Å². The number of carbonyl (C=O) groups is 1. The molecule has 0 aromatic carbocycles. The Labute approximate surface area is 73.4 Å². The molecular weight excluding hydrogens is 172 g/mol. The van der Waals surface area contributed by atoms with Gasteiger partial charge in [0.1, 0.15) is 5.76 Å². The molecule has 0 spiro atoms. The molecule has 2 aromatic heterocycles. The molecule has 13 heavy (non-hydrogen) atoms. The van der Waals surface area contributed by atoms with Crippen LogP contribution in [-0.2, 0) is 0 Å². The molecule has 0 saturated heterocycles. The van der Waals surface area contributed by atoms with Crippen LogP contribution in [-0.4, -0.2) is 16.4 Å². The summed E-state index contributed by atoms with van der Waals surface area (Å²) in [4.78, 5) is 14.0. The van der Waals surface area contributed by atoms with Crippen LogP contribution in [0.1, 0.15) is 16.4 Å². The first-order valence-electron chi connectivity index (χ1n) is 3.65. The highest BCUT2D eigenvalue weighted by Gasteiger charge is 2.10. The Bertz CT molecular complexity index is 430. The standard InChI is InChI=1S/C8H6N2O3/c1-5-2-3-6(12-5)8-9-7(4-11)10-13-8/h2-4H,1H3. The van der Waals surface area contributed by atoms with Gasteiger partial charge in [0, 0.05) is 0 Å². The van der Waals surface area contributed by atoms with E-state index in [4.69, 9.17) is 8.94 Å². The second-order valence-corrected chi connectivity index (χ2v) is 2.49. The number of carbonyl (C=O) groups excluding carboxylic acids is 1. The third kappa shape index (κ3) is 1.35. The number of aromatic nitrogens is 2. The van der Waals surface area contributed by atoms with Gasteiger partial charge in [0.15, 0.2) is 12.0 Å². The third-order valence-electron chi connectivity index (χ3n) is 1.50. The first kappa shape index (κ1) is 7.72. The monoisotopic (exact) mass is 178 g/mol. The molecule has 0 unspecified atom stereocenters. The van der Waals surface area contributed by atoms with Gasteiger partial charge in [-0.1, -0.05) is 5.16 Å². The zero-order chi connectivity index (χ0) is 9.26. The van der Waals surface area contributed by atoms with Gasteiger partial charge in [-0.2, -0.15) is 4.98 Å². The topological polar surface area (TPSA) is 69.1 Å². The van der Waals surface area contributed by atoms with Crippen LogP contribution in [0.3, 0.4) is 0 Å². The number of aldehydes is 1. The third-order valence-corrected chi connectivity index (χ3v) is 1.50. The lowest BCUT2D eigenvalue weighted by atomic mass is 10.4. The second-order valence-electron chi connectivity index (χ2n) is 2.49. The fraction of sp³-hybridized carbons (Fsp3) is 0.125. The Hall–Kier alpha value is -1.91. The maximum atomic E-state index is 10.2. The fourth-order valence-corrected chi connectivity index (χ4v) is 0.932. The molecule has 0 saturated carbocycles. The Kier molecular flexibility index (Phi) is 1.70. The van der Waals surface area contributed by atoms with Crippen molar-refractivity contribution in [3.63, 3.8) is 0 Å². The van der Waals surface area contributed by atoms with Gasteiger partial charge in [-0.3, -0.25) is 4.79 Å². The average molecular weight is 178 g/mol. The van der Waals surface area contributed by atoms with E-state index in [0.29, 0.717) is 12.0 Å². The molecule has 2 rings (SSSR count). The lowest BCUT2D eigenvalue weighted by molar-refractivity contribution is 0.111. The van der Waals surface area contributed by atoms with Crippen molar-refractivity contribution in [3.8, 4) is 11.7 Å². The summed E-state index contributed by atoms with van der Waals surface area (Å²) < 4.78 is 9.98. The van der Waals surface area contributed by atoms with Crippen molar-refractivity contribution in [2.24, 2.45) is 0 Å². The van der Waals surface area contributed by atoms with Crippen molar-refractivity contribution in [2.45, 2.75) is 6.92 Å². The van der Waals surface area contributed by atoms with Crippen molar-refractivity contribution < 1.29 is 13.7 Å². The van der Waals surface area contributed by atoms with E-state index < -0.39 is 0 Å². The van der Waals surface area contributed by atoms with Crippen LogP contribution in [0.25, 0.3) is 11.7 Å². The summed E-state index contributed by atoms with van der Waals surface area (Å²) in [5.74, 6) is 1.46. The maximum Gasteiger partial charge on any atom is 0.294 e. The molecule has 0 aliphatic heterocycles. The van der Waals surface area contributed by atoms with Crippen LogP contribution >= 0.6 is 0 Å². The largest absolute Gasteiger partial charge is 0.456 e. The van der Waals surface area contributed by atoms with E-state index in [1.54, 1.807) is 19.1 Å². The summed E-state index contributed by atoms with van der Waals surface area (Å²) in [5.41, 5.74) is 0. The second kappa shape index (κ2) is 2.85. The number of hydrogen-bond donors (Lipinski definition) is 0.